The van der Waals surface area contributed by atoms with Crippen LogP contribution in [0.1, 0.15) is 31.4 Å². The van der Waals surface area contributed by atoms with Crippen LogP contribution in [0.25, 0.3) is 0 Å². The maximum atomic E-state index is 3.40. The van der Waals surface area contributed by atoms with Gasteiger partial charge in [0.25, 0.3) is 0 Å². The predicted molar refractivity (Wildman–Crippen MR) is 67.2 cm³/mol. The van der Waals surface area contributed by atoms with E-state index in [0.29, 0.717) is 6.04 Å². The molecule has 1 rings (SSSR count). The number of nitrogens with one attached hydrogen (secondary N) is 1. The van der Waals surface area contributed by atoms with Gasteiger partial charge in [-0.25, -0.2) is 0 Å². The normalized spacial score (nSPS) is 13.1. The molecule has 1 N–H and O–H groups in total. The van der Waals surface area contributed by atoms with Crippen molar-refractivity contribution in [1.29, 1.82) is 0 Å². The van der Waals surface area contributed by atoms with E-state index in [1.54, 1.807) is 0 Å². The predicted octanol–water partition coefficient (Wildman–Crippen LogP) is 3.17. The number of benzene rings is 1. The molecule has 0 bridgehead atoms. The van der Waals surface area contributed by atoms with Gasteiger partial charge in [-0.05, 0) is 38.3 Å². The average Bonchev–Trinajstić information content (AvgIpc) is 2.16. The molecule has 0 amide bonds. The summed E-state index contributed by atoms with van der Waals surface area (Å²) in [5.74, 6) is 0.757. The van der Waals surface area contributed by atoms with E-state index < -0.39 is 0 Å². The molecule has 0 fully saturated rings. The summed E-state index contributed by atoms with van der Waals surface area (Å²) < 4.78 is 0. The first-order valence-electron chi connectivity index (χ1n) is 5.84. The van der Waals surface area contributed by atoms with E-state index in [-0.39, 0.29) is 0 Å². The standard InChI is InChI=1S/C14H23N/c1-11(2)8-14(15-4)10-13-7-5-6-12(3)9-13/h5-7,9,11,14-15H,8,10H2,1-4H3. The van der Waals surface area contributed by atoms with E-state index in [1.807, 2.05) is 0 Å². The summed E-state index contributed by atoms with van der Waals surface area (Å²) >= 11 is 0. The molecule has 1 unspecified atom stereocenters. The molecule has 0 saturated heterocycles. The van der Waals surface area contributed by atoms with Crippen LogP contribution in [0.3, 0.4) is 0 Å². The van der Waals surface area contributed by atoms with Crippen LogP contribution in [0, 0.1) is 12.8 Å². The SMILES string of the molecule is CNC(Cc1cccc(C)c1)CC(C)C. The van der Waals surface area contributed by atoms with E-state index in [2.05, 4.69) is 57.4 Å². The number of likely N-dealkylation sites (N-methyl/N-ethyl adjacent to an activating group) is 1. The smallest absolute Gasteiger partial charge is 0.0107 e. The van der Waals surface area contributed by atoms with E-state index in [9.17, 15) is 0 Å². The molecule has 0 radical (unpaired) electrons. The molecule has 1 heteroatoms. The summed E-state index contributed by atoms with van der Waals surface area (Å²) in [6.07, 6.45) is 2.38. The second kappa shape index (κ2) is 5.92. The van der Waals surface area contributed by atoms with Gasteiger partial charge in [0.15, 0.2) is 0 Å². The maximum Gasteiger partial charge on any atom is 0.0107 e. The topological polar surface area (TPSA) is 12.0 Å². The van der Waals surface area contributed by atoms with Crippen molar-refractivity contribution in [3.05, 3.63) is 35.4 Å². The van der Waals surface area contributed by atoms with Crippen molar-refractivity contribution in [3.8, 4) is 0 Å². The molecule has 0 aromatic heterocycles. The van der Waals surface area contributed by atoms with Gasteiger partial charge in [-0.15, -0.1) is 0 Å². The second-order valence-corrected chi connectivity index (χ2v) is 4.81. The van der Waals surface area contributed by atoms with Gasteiger partial charge in [-0.3, -0.25) is 0 Å². The van der Waals surface area contributed by atoms with Gasteiger partial charge in [-0.1, -0.05) is 43.7 Å². The highest BCUT2D eigenvalue weighted by molar-refractivity contribution is 5.22. The van der Waals surface area contributed by atoms with Crippen molar-refractivity contribution >= 4 is 0 Å². The zero-order valence-corrected chi connectivity index (χ0v) is 10.4. The van der Waals surface area contributed by atoms with Crippen LogP contribution in [-0.2, 0) is 6.42 Å². The van der Waals surface area contributed by atoms with E-state index >= 15 is 0 Å². The molecule has 1 nitrogen and oxygen atoms in total. The zero-order valence-electron chi connectivity index (χ0n) is 10.4. The number of hydrogen-bond acceptors (Lipinski definition) is 1. The Bertz CT molecular complexity index is 291. The van der Waals surface area contributed by atoms with Crippen LogP contribution in [-0.4, -0.2) is 13.1 Å². The van der Waals surface area contributed by atoms with Gasteiger partial charge < -0.3 is 5.32 Å². The fraction of sp³-hybridized carbons (Fsp3) is 0.571. The van der Waals surface area contributed by atoms with E-state index in [1.165, 1.54) is 17.5 Å². The van der Waals surface area contributed by atoms with Crippen molar-refractivity contribution in [2.75, 3.05) is 7.05 Å². The molecule has 84 valence electrons. The molecule has 0 aliphatic rings. The molecular formula is C14H23N. The summed E-state index contributed by atoms with van der Waals surface area (Å²) in [5, 5.41) is 3.40. The van der Waals surface area contributed by atoms with Crippen molar-refractivity contribution in [2.45, 2.75) is 39.7 Å². The summed E-state index contributed by atoms with van der Waals surface area (Å²) in [6, 6.07) is 9.40. The highest BCUT2D eigenvalue weighted by Crippen LogP contribution is 2.12. The minimum absolute atomic E-state index is 0.604. The fourth-order valence-electron chi connectivity index (χ4n) is 2.00. The molecule has 15 heavy (non-hydrogen) atoms. The minimum Gasteiger partial charge on any atom is -0.317 e. The highest BCUT2D eigenvalue weighted by Gasteiger charge is 2.09. The number of hydrogen-bond donors (Lipinski definition) is 1. The molecule has 0 aliphatic carbocycles. The Kier molecular flexibility index (Phi) is 4.83. The van der Waals surface area contributed by atoms with Gasteiger partial charge >= 0.3 is 0 Å². The fourth-order valence-corrected chi connectivity index (χ4v) is 2.00. The number of aryl methyl sites for hydroxylation is 1. The lowest BCUT2D eigenvalue weighted by Crippen LogP contribution is -2.29. The summed E-state index contributed by atoms with van der Waals surface area (Å²) in [6.45, 7) is 6.71. The van der Waals surface area contributed by atoms with Crippen molar-refractivity contribution in [1.82, 2.24) is 5.32 Å². The van der Waals surface area contributed by atoms with Crippen LogP contribution in [0.5, 0.6) is 0 Å². The molecule has 0 saturated carbocycles. The highest BCUT2D eigenvalue weighted by atomic mass is 14.9. The van der Waals surface area contributed by atoms with E-state index in [0.717, 1.165) is 12.3 Å². The monoisotopic (exact) mass is 205 g/mol. The Morgan fingerprint density at radius 2 is 2.00 bits per heavy atom. The zero-order chi connectivity index (χ0) is 11.3. The van der Waals surface area contributed by atoms with Crippen LogP contribution in [0.2, 0.25) is 0 Å². The van der Waals surface area contributed by atoms with Gasteiger partial charge in [0.05, 0.1) is 0 Å². The molecule has 1 aromatic carbocycles. The third kappa shape index (κ3) is 4.48. The van der Waals surface area contributed by atoms with Crippen molar-refractivity contribution < 1.29 is 0 Å². The molecule has 0 heterocycles. The Balaban J connectivity index is 2.58. The first kappa shape index (κ1) is 12.3. The second-order valence-electron chi connectivity index (χ2n) is 4.81. The third-order valence-corrected chi connectivity index (χ3v) is 2.73. The average molecular weight is 205 g/mol. The summed E-state index contributed by atoms with van der Waals surface area (Å²) in [4.78, 5) is 0. The molecule has 1 aromatic rings. The largest absolute Gasteiger partial charge is 0.317 e. The quantitative estimate of drug-likeness (QED) is 0.778. The lowest BCUT2D eigenvalue weighted by atomic mass is 9.97. The molecule has 0 spiro atoms. The van der Waals surface area contributed by atoms with Gasteiger partial charge in [0.2, 0.25) is 0 Å². The summed E-state index contributed by atoms with van der Waals surface area (Å²) in [5.41, 5.74) is 2.79. The van der Waals surface area contributed by atoms with Gasteiger partial charge in [0, 0.05) is 6.04 Å². The molecule has 0 aliphatic heterocycles. The van der Waals surface area contributed by atoms with Gasteiger partial charge in [-0.2, -0.15) is 0 Å². The lowest BCUT2D eigenvalue weighted by molar-refractivity contribution is 0.441. The van der Waals surface area contributed by atoms with Crippen LogP contribution in [0.4, 0.5) is 0 Å². The van der Waals surface area contributed by atoms with Crippen LogP contribution >= 0.6 is 0 Å². The summed E-state index contributed by atoms with van der Waals surface area (Å²) in [7, 11) is 2.06. The minimum atomic E-state index is 0.604. The Labute approximate surface area is 93.9 Å². The first-order chi connectivity index (χ1) is 7.11. The molecule has 1 atom stereocenters. The maximum absolute atomic E-state index is 3.40. The van der Waals surface area contributed by atoms with Crippen LogP contribution < -0.4 is 5.32 Å². The molecular weight excluding hydrogens is 182 g/mol. The van der Waals surface area contributed by atoms with Crippen LogP contribution in [0.15, 0.2) is 24.3 Å². The van der Waals surface area contributed by atoms with Gasteiger partial charge in [0.1, 0.15) is 0 Å². The third-order valence-electron chi connectivity index (χ3n) is 2.73. The Morgan fingerprint density at radius 1 is 1.27 bits per heavy atom. The van der Waals surface area contributed by atoms with E-state index in [4.69, 9.17) is 0 Å². The van der Waals surface area contributed by atoms with Crippen molar-refractivity contribution in [2.24, 2.45) is 5.92 Å². The first-order valence-corrected chi connectivity index (χ1v) is 5.84. The number of rotatable bonds is 5. The lowest BCUT2D eigenvalue weighted by Gasteiger charge is -2.18. The Morgan fingerprint density at radius 3 is 2.53 bits per heavy atom. The van der Waals surface area contributed by atoms with Crippen molar-refractivity contribution in [3.63, 3.8) is 0 Å². The Hall–Kier alpha value is -0.820.